The maximum absolute atomic E-state index is 13.2. The fraction of sp³-hybridized carbons (Fsp3) is 0.533. The molecule has 20 heavy (non-hydrogen) atoms. The van der Waals surface area contributed by atoms with Crippen LogP contribution >= 0.6 is 11.6 Å². The first-order valence-electron chi connectivity index (χ1n) is 7.06. The van der Waals surface area contributed by atoms with E-state index in [0.29, 0.717) is 18.2 Å². The van der Waals surface area contributed by atoms with Crippen LogP contribution in [0.4, 0.5) is 4.39 Å². The third-order valence-electron chi connectivity index (χ3n) is 3.89. The summed E-state index contributed by atoms with van der Waals surface area (Å²) in [6.45, 7) is 5.65. The standard InChI is InChI=1S/C15H20ClFN2O/c1-3-11-9-19(12(4-2)8-18-11)15(20)10-5-6-14(17)13(16)7-10/h5-7,11-12,18H,3-4,8-9H2,1-2H3. The molecule has 5 heteroatoms. The van der Waals surface area contributed by atoms with E-state index in [1.54, 1.807) is 0 Å². The van der Waals surface area contributed by atoms with Gasteiger partial charge < -0.3 is 10.2 Å². The smallest absolute Gasteiger partial charge is 0.254 e. The molecule has 1 aliphatic rings. The largest absolute Gasteiger partial charge is 0.333 e. The van der Waals surface area contributed by atoms with E-state index >= 15 is 0 Å². The van der Waals surface area contributed by atoms with Gasteiger partial charge in [-0.2, -0.15) is 0 Å². The van der Waals surface area contributed by atoms with Crippen LogP contribution in [0, 0.1) is 5.82 Å². The monoisotopic (exact) mass is 298 g/mol. The Morgan fingerprint density at radius 1 is 1.45 bits per heavy atom. The van der Waals surface area contributed by atoms with Crippen LogP contribution in [-0.4, -0.2) is 36.0 Å². The molecule has 0 radical (unpaired) electrons. The fourth-order valence-electron chi connectivity index (χ4n) is 2.55. The number of hydrogen-bond donors (Lipinski definition) is 1. The first-order valence-corrected chi connectivity index (χ1v) is 7.44. The van der Waals surface area contributed by atoms with Gasteiger partial charge in [-0.3, -0.25) is 4.79 Å². The van der Waals surface area contributed by atoms with Gasteiger partial charge in [0.25, 0.3) is 5.91 Å². The molecular weight excluding hydrogens is 279 g/mol. The Labute approximate surface area is 124 Å². The molecular formula is C15H20ClFN2O. The average Bonchev–Trinajstić information content (AvgIpc) is 2.48. The molecule has 1 heterocycles. The summed E-state index contributed by atoms with van der Waals surface area (Å²) in [5, 5.41) is 3.44. The Kier molecular flexibility index (Phi) is 5.00. The van der Waals surface area contributed by atoms with Gasteiger partial charge in [-0.05, 0) is 31.0 Å². The van der Waals surface area contributed by atoms with Crippen molar-refractivity contribution >= 4 is 17.5 Å². The van der Waals surface area contributed by atoms with Crippen molar-refractivity contribution in [2.24, 2.45) is 0 Å². The Bertz CT molecular complexity index is 495. The first kappa shape index (κ1) is 15.3. The van der Waals surface area contributed by atoms with Crippen molar-refractivity contribution in [3.05, 3.63) is 34.6 Å². The molecule has 0 aromatic heterocycles. The predicted octanol–water partition coefficient (Wildman–Crippen LogP) is 3.08. The Morgan fingerprint density at radius 3 is 2.80 bits per heavy atom. The number of benzene rings is 1. The second-order valence-corrected chi connectivity index (χ2v) is 5.57. The zero-order valence-electron chi connectivity index (χ0n) is 11.8. The van der Waals surface area contributed by atoms with Crippen molar-refractivity contribution in [3.8, 4) is 0 Å². The van der Waals surface area contributed by atoms with Crippen LogP contribution in [0.5, 0.6) is 0 Å². The van der Waals surface area contributed by atoms with Crippen LogP contribution in [0.3, 0.4) is 0 Å². The SMILES string of the molecule is CCC1CN(C(=O)c2ccc(F)c(Cl)c2)C(CC)CN1. The number of carbonyl (C=O) groups excluding carboxylic acids is 1. The zero-order valence-corrected chi connectivity index (χ0v) is 12.6. The molecule has 0 saturated carbocycles. The summed E-state index contributed by atoms with van der Waals surface area (Å²) >= 11 is 5.76. The Hall–Kier alpha value is -1.13. The highest BCUT2D eigenvalue weighted by molar-refractivity contribution is 6.31. The molecule has 2 rings (SSSR count). The van der Waals surface area contributed by atoms with E-state index in [9.17, 15) is 9.18 Å². The van der Waals surface area contributed by atoms with E-state index in [-0.39, 0.29) is 17.0 Å². The van der Waals surface area contributed by atoms with Crippen molar-refractivity contribution in [2.45, 2.75) is 38.8 Å². The molecule has 2 atom stereocenters. The summed E-state index contributed by atoms with van der Waals surface area (Å²) in [7, 11) is 0. The predicted molar refractivity (Wildman–Crippen MR) is 78.6 cm³/mol. The van der Waals surface area contributed by atoms with E-state index in [2.05, 4.69) is 19.2 Å². The van der Waals surface area contributed by atoms with Crippen molar-refractivity contribution in [1.82, 2.24) is 10.2 Å². The normalized spacial score (nSPS) is 22.9. The third-order valence-corrected chi connectivity index (χ3v) is 4.18. The minimum absolute atomic E-state index is 0.00826. The molecule has 110 valence electrons. The molecule has 1 aromatic carbocycles. The average molecular weight is 299 g/mol. The van der Waals surface area contributed by atoms with Gasteiger partial charge in [0.05, 0.1) is 5.02 Å². The quantitative estimate of drug-likeness (QED) is 0.930. The van der Waals surface area contributed by atoms with E-state index < -0.39 is 5.82 Å². The molecule has 0 bridgehead atoms. The molecule has 1 saturated heterocycles. The number of amides is 1. The van der Waals surface area contributed by atoms with Crippen LogP contribution in [0.2, 0.25) is 5.02 Å². The number of nitrogens with zero attached hydrogens (tertiary/aromatic N) is 1. The van der Waals surface area contributed by atoms with Gasteiger partial charge in [0.15, 0.2) is 0 Å². The first-order chi connectivity index (χ1) is 9.56. The Morgan fingerprint density at radius 2 is 2.20 bits per heavy atom. The number of piperazine rings is 1. The highest BCUT2D eigenvalue weighted by Gasteiger charge is 2.30. The molecule has 0 aliphatic carbocycles. The van der Waals surface area contributed by atoms with E-state index in [0.717, 1.165) is 19.4 Å². The van der Waals surface area contributed by atoms with Crippen molar-refractivity contribution in [3.63, 3.8) is 0 Å². The number of nitrogens with one attached hydrogen (secondary N) is 1. The van der Waals surface area contributed by atoms with E-state index in [4.69, 9.17) is 11.6 Å². The number of carbonyl (C=O) groups is 1. The van der Waals surface area contributed by atoms with Crippen molar-refractivity contribution in [1.29, 1.82) is 0 Å². The molecule has 1 aliphatic heterocycles. The minimum atomic E-state index is -0.498. The van der Waals surface area contributed by atoms with Crippen molar-refractivity contribution in [2.75, 3.05) is 13.1 Å². The molecule has 0 spiro atoms. The number of hydrogen-bond acceptors (Lipinski definition) is 2. The maximum atomic E-state index is 13.2. The van der Waals surface area contributed by atoms with E-state index in [1.165, 1.54) is 18.2 Å². The summed E-state index contributed by atoms with van der Waals surface area (Å²) in [6.07, 6.45) is 1.87. The topological polar surface area (TPSA) is 32.3 Å². The number of rotatable bonds is 3. The summed E-state index contributed by atoms with van der Waals surface area (Å²) in [5.74, 6) is -0.569. The lowest BCUT2D eigenvalue weighted by molar-refractivity contribution is 0.0576. The molecule has 1 fully saturated rings. The van der Waals surface area contributed by atoms with Gasteiger partial charge in [-0.25, -0.2) is 4.39 Å². The minimum Gasteiger partial charge on any atom is -0.333 e. The lowest BCUT2D eigenvalue weighted by atomic mass is 10.0. The van der Waals surface area contributed by atoms with Crippen LogP contribution in [0.15, 0.2) is 18.2 Å². The van der Waals surface area contributed by atoms with Crippen LogP contribution in [0.1, 0.15) is 37.0 Å². The van der Waals surface area contributed by atoms with Gasteiger partial charge in [0.1, 0.15) is 5.82 Å². The van der Waals surface area contributed by atoms with Crippen molar-refractivity contribution < 1.29 is 9.18 Å². The molecule has 3 nitrogen and oxygen atoms in total. The van der Waals surface area contributed by atoms with Gasteiger partial charge in [-0.1, -0.05) is 25.4 Å². The van der Waals surface area contributed by atoms with Gasteiger partial charge in [0, 0.05) is 30.7 Å². The van der Waals surface area contributed by atoms with Gasteiger partial charge in [-0.15, -0.1) is 0 Å². The number of halogens is 2. The fourth-order valence-corrected chi connectivity index (χ4v) is 2.73. The molecule has 1 N–H and O–H groups in total. The molecule has 1 amide bonds. The summed E-state index contributed by atoms with van der Waals surface area (Å²) < 4.78 is 13.2. The lowest BCUT2D eigenvalue weighted by Crippen LogP contribution is -2.57. The Balaban J connectivity index is 2.22. The second kappa shape index (κ2) is 6.55. The van der Waals surface area contributed by atoms with E-state index in [1.807, 2.05) is 4.90 Å². The summed E-state index contributed by atoms with van der Waals surface area (Å²) in [4.78, 5) is 14.5. The van der Waals surface area contributed by atoms with Gasteiger partial charge >= 0.3 is 0 Å². The highest BCUT2D eigenvalue weighted by Crippen LogP contribution is 2.20. The van der Waals surface area contributed by atoms with Gasteiger partial charge in [0.2, 0.25) is 0 Å². The molecule has 1 aromatic rings. The van der Waals surface area contributed by atoms with Crippen LogP contribution < -0.4 is 5.32 Å². The van der Waals surface area contributed by atoms with Crippen LogP contribution in [-0.2, 0) is 0 Å². The van der Waals surface area contributed by atoms with Crippen LogP contribution in [0.25, 0.3) is 0 Å². The lowest BCUT2D eigenvalue weighted by Gasteiger charge is -2.40. The molecule has 2 unspecified atom stereocenters. The summed E-state index contributed by atoms with van der Waals surface area (Å²) in [5.41, 5.74) is 0.451. The maximum Gasteiger partial charge on any atom is 0.254 e. The highest BCUT2D eigenvalue weighted by atomic mass is 35.5. The summed E-state index contributed by atoms with van der Waals surface area (Å²) in [6, 6.07) is 4.65. The second-order valence-electron chi connectivity index (χ2n) is 5.16. The zero-order chi connectivity index (χ0) is 14.7. The third kappa shape index (κ3) is 3.13.